The lowest BCUT2D eigenvalue weighted by atomic mass is 9.99. The summed E-state index contributed by atoms with van der Waals surface area (Å²) in [7, 11) is 0. The first-order chi connectivity index (χ1) is 31.8. The second-order valence-electron chi connectivity index (χ2n) is 19.4. The maximum atomic E-state index is 12.9. The first kappa shape index (κ1) is 61.4. The van der Waals surface area contributed by atoms with Gasteiger partial charge in [-0.1, -0.05) is 243 Å². The Morgan fingerprint density at radius 1 is 0.508 bits per heavy atom. The van der Waals surface area contributed by atoms with E-state index in [-0.39, 0.29) is 12.5 Å². The topological polar surface area (TPSA) is 149 Å². The lowest BCUT2D eigenvalue weighted by Crippen LogP contribution is -2.60. The van der Waals surface area contributed by atoms with E-state index in [0.717, 1.165) is 44.9 Å². The van der Waals surface area contributed by atoms with Crippen LogP contribution in [0.1, 0.15) is 258 Å². The van der Waals surface area contributed by atoms with Crippen LogP contribution in [0.4, 0.5) is 0 Å². The van der Waals surface area contributed by atoms with Gasteiger partial charge in [0.05, 0.1) is 25.4 Å². The van der Waals surface area contributed by atoms with E-state index in [4.69, 9.17) is 9.47 Å². The molecule has 0 spiro atoms. The molecule has 0 radical (unpaired) electrons. The molecule has 1 heterocycles. The van der Waals surface area contributed by atoms with Crippen molar-refractivity contribution >= 4 is 5.91 Å². The fourth-order valence-corrected chi connectivity index (χ4v) is 8.78. The number of unbranched alkanes of at least 4 members (excludes halogenated alkanes) is 33. The van der Waals surface area contributed by atoms with Gasteiger partial charge < -0.3 is 40.3 Å². The van der Waals surface area contributed by atoms with Crippen molar-refractivity contribution in [3.8, 4) is 0 Å². The van der Waals surface area contributed by atoms with E-state index in [1.807, 2.05) is 6.08 Å². The van der Waals surface area contributed by atoms with Gasteiger partial charge in [0.25, 0.3) is 0 Å². The molecule has 9 heteroatoms. The zero-order chi connectivity index (χ0) is 47.3. The van der Waals surface area contributed by atoms with E-state index in [1.165, 1.54) is 193 Å². The largest absolute Gasteiger partial charge is 0.394 e. The maximum Gasteiger partial charge on any atom is 0.220 e. The first-order valence-corrected chi connectivity index (χ1v) is 27.7. The van der Waals surface area contributed by atoms with E-state index >= 15 is 0 Å². The van der Waals surface area contributed by atoms with Gasteiger partial charge in [-0.05, 0) is 44.9 Å². The summed E-state index contributed by atoms with van der Waals surface area (Å²) in [6.07, 6.45) is 52.5. The second-order valence-corrected chi connectivity index (χ2v) is 19.4. The van der Waals surface area contributed by atoms with Gasteiger partial charge in [-0.3, -0.25) is 4.79 Å². The quantitative estimate of drug-likeness (QED) is 0.0261. The molecule has 65 heavy (non-hydrogen) atoms. The molecule has 0 aromatic heterocycles. The summed E-state index contributed by atoms with van der Waals surface area (Å²) in [6.45, 7) is 3.74. The van der Waals surface area contributed by atoms with Gasteiger partial charge in [-0.2, -0.15) is 0 Å². The normalized spacial score (nSPS) is 20.1. The molecule has 6 N–H and O–H groups in total. The molecule has 9 nitrogen and oxygen atoms in total. The molecule has 0 bridgehead atoms. The predicted octanol–water partition coefficient (Wildman–Crippen LogP) is 13.2. The Bertz CT molecular complexity index is 1110. The van der Waals surface area contributed by atoms with Crippen molar-refractivity contribution < 1.29 is 39.8 Å². The van der Waals surface area contributed by atoms with Crippen LogP contribution in [0.15, 0.2) is 36.5 Å². The summed E-state index contributed by atoms with van der Waals surface area (Å²) in [5.74, 6) is -0.194. The van der Waals surface area contributed by atoms with E-state index in [2.05, 4.69) is 43.5 Å². The van der Waals surface area contributed by atoms with Crippen LogP contribution in [-0.2, 0) is 14.3 Å². The van der Waals surface area contributed by atoms with Gasteiger partial charge in [-0.25, -0.2) is 0 Å². The van der Waals surface area contributed by atoms with Crippen molar-refractivity contribution in [3.05, 3.63) is 36.5 Å². The number of amides is 1. The first-order valence-electron chi connectivity index (χ1n) is 27.7. The highest BCUT2D eigenvalue weighted by Gasteiger charge is 2.44. The van der Waals surface area contributed by atoms with Crippen molar-refractivity contribution in [2.24, 2.45) is 0 Å². The summed E-state index contributed by atoms with van der Waals surface area (Å²) in [5.41, 5.74) is 0. The highest BCUT2D eigenvalue weighted by Crippen LogP contribution is 2.23. The molecule has 0 aromatic rings. The number of hydrogen-bond donors (Lipinski definition) is 6. The highest BCUT2D eigenvalue weighted by molar-refractivity contribution is 5.76. The Morgan fingerprint density at radius 2 is 0.877 bits per heavy atom. The number of aliphatic hydroxyl groups excluding tert-OH is 5. The Labute approximate surface area is 400 Å². The van der Waals surface area contributed by atoms with Crippen LogP contribution in [0.2, 0.25) is 0 Å². The van der Waals surface area contributed by atoms with Gasteiger partial charge in [0, 0.05) is 6.42 Å². The molecule has 7 atom stereocenters. The molecule has 1 rings (SSSR count). The van der Waals surface area contributed by atoms with Crippen LogP contribution in [-0.4, -0.2) is 87.5 Å². The monoisotopic (exact) mass is 920 g/mol. The molecule has 0 aromatic carbocycles. The second kappa shape index (κ2) is 46.2. The van der Waals surface area contributed by atoms with Gasteiger partial charge in [0.15, 0.2) is 6.29 Å². The number of allylic oxidation sites excluding steroid dienone is 5. The van der Waals surface area contributed by atoms with E-state index < -0.39 is 49.5 Å². The van der Waals surface area contributed by atoms with Gasteiger partial charge in [-0.15, -0.1) is 0 Å². The summed E-state index contributed by atoms with van der Waals surface area (Å²) in [4.78, 5) is 12.9. The molecular weight excluding hydrogens is 815 g/mol. The molecule has 1 aliphatic rings. The number of carbonyl (C=O) groups excluding carboxylic acids is 1. The van der Waals surface area contributed by atoms with Crippen LogP contribution in [0, 0.1) is 0 Å². The minimum atomic E-state index is -1.57. The van der Waals surface area contributed by atoms with Crippen LogP contribution < -0.4 is 5.32 Å². The third-order valence-corrected chi connectivity index (χ3v) is 13.2. The van der Waals surface area contributed by atoms with Gasteiger partial charge >= 0.3 is 0 Å². The summed E-state index contributed by atoms with van der Waals surface area (Å²) in [6, 6.07) is -0.824. The number of rotatable bonds is 47. The molecule has 1 amide bonds. The smallest absolute Gasteiger partial charge is 0.220 e. The van der Waals surface area contributed by atoms with Crippen molar-refractivity contribution in [1.82, 2.24) is 5.32 Å². The van der Waals surface area contributed by atoms with Gasteiger partial charge in [0.2, 0.25) is 5.91 Å². The van der Waals surface area contributed by atoms with Crippen LogP contribution >= 0.6 is 0 Å². The minimum Gasteiger partial charge on any atom is -0.394 e. The molecule has 1 saturated heterocycles. The summed E-state index contributed by atoms with van der Waals surface area (Å²) < 4.78 is 11.2. The fourth-order valence-electron chi connectivity index (χ4n) is 8.78. The highest BCUT2D eigenvalue weighted by atomic mass is 16.7. The van der Waals surface area contributed by atoms with Crippen molar-refractivity contribution in [1.29, 1.82) is 0 Å². The molecule has 1 fully saturated rings. The van der Waals surface area contributed by atoms with Crippen molar-refractivity contribution in [2.45, 2.75) is 301 Å². The number of nitrogens with one attached hydrogen (secondary N) is 1. The number of aliphatic hydroxyl groups is 5. The number of carbonyl (C=O) groups is 1. The summed E-state index contributed by atoms with van der Waals surface area (Å²) in [5, 5.41) is 54.2. The lowest BCUT2D eigenvalue weighted by molar-refractivity contribution is -0.302. The molecular formula is C56H105NO8. The maximum absolute atomic E-state index is 12.9. The van der Waals surface area contributed by atoms with Crippen molar-refractivity contribution in [2.75, 3.05) is 13.2 Å². The van der Waals surface area contributed by atoms with E-state index in [9.17, 15) is 30.3 Å². The predicted molar refractivity (Wildman–Crippen MR) is 272 cm³/mol. The van der Waals surface area contributed by atoms with Crippen LogP contribution in [0.25, 0.3) is 0 Å². The molecule has 382 valence electrons. The molecule has 0 saturated carbocycles. The Morgan fingerprint density at radius 3 is 1.29 bits per heavy atom. The lowest BCUT2D eigenvalue weighted by Gasteiger charge is -2.40. The average molecular weight is 920 g/mol. The SMILES string of the molecule is CCCCCCCCCCCCCCCCCCCCCCCCC/C=C/CC/C=C/CC/C=C/C(O)C(COC1OC(CO)C(O)C(O)C1O)NC(=O)CCCCCCCCCCC. The Balaban J connectivity index is 2.14. The zero-order valence-corrected chi connectivity index (χ0v) is 42.3. The molecule has 7 unspecified atom stereocenters. The van der Waals surface area contributed by atoms with E-state index in [0.29, 0.717) is 6.42 Å². The average Bonchev–Trinajstić information content (AvgIpc) is 3.31. The Hall–Kier alpha value is -1.59. The molecule has 0 aliphatic carbocycles. The van der Waals surface area contributed by atoms with E-state index in [1.54, 1.807) is 6.08 Å². The third-order valence-electron chi connectivity index (χ3n) is 13.2. The fraction of sp³-hybridized carbons (Fsp3) is 0.875. The van der Waals surface area contributed by atoms with Crippen LogP contribution in [0.3, 0.4) is 0 Å². The summed E-state index contributed by atoms with van der Waals surface area (Å²) >= 11 is 0. The number of hydrogen-bond acceptors (Lipinski definition) is 8. The molecule has 1 aliphatic heterocycles. The zero-order valence-electron chi connectivity index (χ0n) is 42.3. The van der Waals surface area contributed by atoms with Crippen LogP contribution in [0.5, 0.6) is 0 Å². The third kappa shape index (κ3) is 36.1. The number of ether oxygens (including phenoxy) is 2. The standard InChI is InChI=1S/C56H105NO8/c1-3-5-7-9-11-13-14-15-16-17-18-19-20-21-22-23-24-25-26-27-28-29-30-31-32-33-34-35-36-38-39-41-43-45-50(59)49(48-64-56-55(63)54(62)53(61)51(47-58)65-56)57-52(60)46-44-42-40-37-12-10-8-6-4-2/h32-33,36,38,43,45,49-51,53-56,58-59,61-63H,3-31,34-35,37,39-42,44,46-48H2,1-2H3,(H,57,60)/b33-32+,38-36+,45-43+. The van der Waals surface area contributed by atoms with Crippen molar-refractivity contribution in [3.63, 3.8) is 0 Å². The Kier molecular flexibility index (Phi) is 43.6. The van der Waals surface area contributed by atoms with Gasteiger partial charge in [0.1, 0.15) is 24.4 Å². The minimum absolute atomic E-state index is 0.194.